The van der Waals surface area contributed by atoms with Crippen molar-refractivity contribution in [3.63, 3.8) is 0 Å². The van der Waals surface area contributed by atoms with E-state index < -0.39 is 13.0 Å². The lowest BCUT2D eigenvalue weighted by molar-refractivity contribution is 0.121. The molecular weight excluding hydrogens is 202 g/mol. The summed E-state index contributed by atoms with van der Waals surface area (Å²) in [5, 5.41) is 10.5. The minimum Gasteiger partial charge on any atom is -0.311 e. The predicted molar refractivity (Wildman–Crippen MR) is 52.6 cm³/mol. The Labute approximate surface area is 87.7 Å². The molecule has 0 unspecified atom stereocenters. The SMILES string of the molecule is CC(C)CNCc1cn(CC(F)F)nn1. The molecule has 0 atom stereocenters. The van der Waals surface area contributed by atoms with Gasteiger partial charge in [-0.1, -0.05) is 19.1 Å². The van der Waals surface area contributed by atoms with Crippen LogP contribution in [0.3, 0.4) is 0 Å². The minimum absolute atomic E-state index is 0.392. The summed E-state index contributed by atoms with van der Waals surface area (Å²) >= 11 is 0. The number of nitrogens with one attached hydrogen (secondary N) is 1. The van der Waals surface area contributed by atoms with Gasteiger partial charge in [0.1, 0.15) is 6.54 Å². The molecule has 6 heteroatoms. The topological polar surface area (TPSA) is 42.7 Å². The summed E-state index contributed by atoms with van der Waals surface area (Å²) in [5.41, 5.74) is 0.691. The van der Waals surface area contributed by atoms with Gasteiger partial charge in [0.25, 0.3) is 6.43 Å². The Kier molecular flexibility index (Phi) is 4.61. The van der Waals surface area contributed by atoms with Crippen molar-refractivity contribution >= 4 is 0 Å². The third kappa shape index (κ3) is 4.83. The van der Waals surface area contributed by atoms with Crippen molar-refractivity contribution in [2.24, 2.45) is 5.92 Å². The molecule has 1 rings (SSSR count). The fraction of sp³-hybridized carbons (Fsp3) is 0.778. The van der Waals surface area contributed by atoms with E-state index in [1.165, 1.54) is 0 Å². The lowest BCUT2D eigenvalue weighted by atomic mass is 10.2. The third-order valence-electron chi connectivity index (χ3n) is 1.77. The van der Waals surface area contributed by atoms with Crippen LogP contribution in [-0.4, -0.2) is 28.0 Å². The van der Waals surface area contributed by atoms with Gasteiger partial charge in [-0.3, -0.25) is 0 Å². The van der Waals surface area contributed by atoms with Crippen molar-refractivity contribution in [3.05, 3.63) is 11.9 Å². The zero-order chi connectivity index (χ0) is 11.3. The average molecular weight is 218 g/mol. The van der Waals surface area contributed by atoms with E-state index in [9.17, 15) is 8.78 Å². The van der Waals surface area contributed by atoms with E-state index in [1.54, 1.807) is 6.20 Å². The minimum atomic E-state index is -2.39. The van der Waals surface area contributed by atoms with E-state index in [-0.39, 0.29) is 0 Å². The Hall–Kier alpha value is -1.04. The summed E-state index contributed by atoms with van der Waals surface area (Å²) in [4.78, 5) is 0. The maximum Gasteiger partial charge on any atom is 0.257 e. The van der Waals surface area contributed by atoms with Gasteiger partial charge in [-0.2, -0.15) is 0 Å². The van der Waals surface area contributed by atoms with Gasteiger partial charge < -0.3 is 5.32 Å². The highest BCUT2D eigenvalue weighted by Crippen LogP contribution is 1.99. The van der Waals surface area contributed by atoms with Crippen molar-refractivity contribution in [1.29, 1.82) is 0 Å². The van der Waals surface area contributed by atoms with Gasteiger partial charge in [0.15, 0.2) is 0 Å². The Balaban J connectivity index is 2.33. The fourth-order valence-corrected chi connectivity index (χ4v) is 1.14. The molecule has 0 fully saturated rings. The van der Waals surface area contributed by atoms with Crippen LogP contribution >= 0.6 is 0 Å². The van der Waals surface area contributed by atoms with Crippen LogP contribution in [0, 0.1) is 5.92 Å². The molecular formula is C9H16F2N4. The molecule has 0 aliphatic heterocycles. The molecule has 0 aliphatic rings. The zero-order valence-electron chi connectivity index (χ0n) is 8.95. The van der Waals surface area contributed by atoms with Crippen molar-refractivity contribution < 1.29 is 8.78 Å². The molecule has 0 saturated heterocycles. The summed E-state index contributed by atoms with van der Waals surface area (Å²) in [5.74, 6) is 0.557. The number of hydrogen-bond donors (Lipinski definition) is 1. The molecule has 0 saturated carbocycles. The van der Waals surface area contributed by atoms with E-state index in [2.05, 4.69) is 29.5 Å². The molecule has 0 radical (unpaired) electrons. The maximum atomic E-state index is 12.0. The lowest BCUT2D eigenvalue weighted by Crippen LogP contribution is -2.19. The molecule has 0 aromatic carbocycles. The first-order valence-electron chi connectivity index (χ1n) is 4.96. The first-order chi connectivity index (χ1) is 7.08. The van der Waals surface area contributed by atoms with Crippen molar-refractivity contribution in [3.8, 4) is 0 Å². The quantitative estimate of drug-likeness (QED) is 0.782. The molecule has 4 nitrogen and oxygen atoms in total. The summed E-state index contributed by atoms with van der Waals surface area (Å²) in [6.07, 6.45) is -0.845. The zero-order valence-corrected chi connectivity index (χ0v) is 8.95. The lowest BCUT2D eigenvalue weighted by Gasteiger charge is -2.04. The first kappa shape index (κ1) is 12.0. The van der Waals surface area contributed by atoms with Crippen LogP contribution in [0.2, 0.25) is 0 Å². The van der Waals surface area contributed by atoms with Crippen molar-refractivity contribution in [2.45, 2.75) is 33.4 Å². The van der Waals surface area contributed by atoms with Crippen molar-refractivity contribution in [2.75, 3.05) is 6.54 Å². The van der Waals surface area contributed by atoms with Gasteiger partial charge in [0.05, 0.1) is 5.69 Å². The molecule has 0 spiro atoms. The fourth-order valence-electron chi connectivity index (χ4n) is 1.14. The molecule has 0 aliphatic carbocycles. The molecule has 1 N–H and O–H groups in total. The molecule has 1 aromatic heterocycles. The number of nitrogens with zero attached hydrogens (tertiary/aromatic N) is 3. The Bertz CT molecular complexity index is 285. The Morgan fingerprint density at radius 2 is 2.20 bits per heavy atom. The highest BCUT2D eigenvalue weighted by atomic mass is 19.3. The van der Waals surface area contributed by atoms with Gasteiger partial charge in [0.2, 0.25) is 0 Å². The molecule has 1 aromatic rings. The van der Waals surface area contributed by atoms with Crippen molar-refractivity contribution in [1.82, 2.24) is 20.3 Å². The number of aromatic nitrogens is 3. The average Bonchev–Trinajstić information content (AvgIpc) is 2.50. The smallest absolute Gasteiger partial charge is 0.257 e. The van der Waals surface area contributed by atoms with Gasteiger partial charge in [-0.25, -0.2) is 13.5 Å². The Morgan fingerprint density at radius 1 is 1.47 bits per heavy atom. The Morgan fingerprint density at radius 3 is 2.80 bits per heavy atom. The standard InChI is InChI=1S/C9H16F2N4/c1-7(2)3-12-4-8-5-15(14-13-8)6-9(10)11/h5,7,9,12H,3-4,6H2,1-2H3. The van der Waals surface area contributed by atoms with E-state index >= 15 is 0 Å². The van der Waals surface area contributed by atoms with Crippen LogP contribution in [0.25, 0.3) is 0 Å². The van der Waals surface area contributed by atoms with E-state index in [0.29, 0.717) is 18.2 Å². The van der Waals surface area contributed by atoms with Gasteiger partial charge in [-0.15, -0.1) is 5.10 Å². The molecule has 0 amide bonds. The van der Waals surface area contributed by atoms with Crippen LogP contribution in [0.5, 0.6) is 0 Å². The second-order valence-corrected chi connectivity index (χ2v) is 3.85. The third-order valence-corrected chi connectivity index (χ3v) is 1.77. The summed E-state index contributed by atoms with van der Waals surface area (Å²) in [6, 6.07) is 0. The van der Waals surface area contributed by atoms with E-state index in [0.717, 1.165) is 11.2 Å². The van der Waals surface area contributed by atoms with E-state index in [1.807, 2.05) is 0 Å². The van der Waals surface area contributed by atoms with Crippen LogP contribution in [0.4, 0.5) is 8.78 Å². The second kappa shape index (κ2) is 5.75. The molecule has 15 heavy (non-hydrogen) atoms. The normalized spacial score (nSPS) is 11.6. The number of halogens is 2. The van der Waals surface area contributed by atoms with Gasteiger partial charge in [0, 0.05) is 12.7 Å². The highest BCUT2D eigenvalue weighted by Gasteiger charge is 2.06. The summed E-state index contributed by atoms with van der Waals surface area (Å²) < 4.78 is 25.1. The largest absolute Gasteiger partial charge is 0.311 e. The number of rotatable bonds is 6. The molecule has 86 valence electrons. The number of alkyl halides is 2. The maximum absolute atomic E-state index is 12.0. The van der Waals surface area contributed by atoms with Crippen LogP contribution in [0.15, 0.2) is 6.20 Å². The number of hydrogen-bond acceptors (Lipinski definition) is 3. The second-order valence-electron chi connectivity index (χ2n) is 3.85. The van der Waals surface area contributed by atoms with Gasteiger partial charge in [-0.05, 0) is 12.5 Å². The van der Waals surface area contributed by atoms with Gasteiger partial charge >= 0.3 is 0 Å². The summed E-state index contributed by atoms with van der Waals surface area (Å²) in [6.45, 7) is 5.25. The van der Waals surface area contributed by atoms with Crippen LogP contribution in [0.1, 0.15) is 19.5 Å². The summed E-state index contributed by atoms with van der Waals surface area (Å²) in [7, 11) is 0. The van der Waals surface area contributed by atoms with E-state index in [4.69, 9.17) is 0 Å². The first-order valence-corrected chi connectivity index (χ1v) is 4.96. The van der Waals surface area contributed by atoms with Crippen LogP contribution in [-0.2, 0) is 13.1 Å². The monoisotopic (exact) mass is 218 g/mol. The van der Waals surface area contributed by atoms with Crippen LogP contribution < -0.4 is 5.32 Å². The highest BCUT2D eigenvalue weighted by molar-refractivity contribution is 4.91. The predicted octanol–water partition coefficient (Wildman–Crippen LogP) is 1.29. The molecule has 1 heterocycles. The molecule has 0 bridgehead atoms.